The minimum absolute atomic E-state index is 0.223. The molecule has 0 atom stereocenters. The number of aliphatic hydroxyl groups is 1. The van der Waals surface area contributed by atoms with Crippen LogP contribution in [0.25, 0.3) is 0 Å². The van der Waals surface area contributed by atoms with Crippen molar-refractivity contribution >= 4 is 5.91 Å². The molecule has 2 N–H and O–H groups in total. The number of alkyl halides is 2. The summed E-state index contributed by atoms with van der Waals surface area (Å²) in [5, 5.41) is 10.1. The average Bonchev–Trinajstić information content (AvgIpc) is 2.22. The summed E-state index contributed by atoms with van der Waals surface area (Å²) < 4.78 is 34.3. The first-order valence-corrected chi connectivity index (χ1v) is 4.34. The molecular formula is C8H15F2NO4. The summed E-state index contributed by atoms with van der Waals surface area (Å²) in [6.07, 6.45) is 0. The molecule has 0 saturated heterocycles. The molecule has 0 bridgehead atoms. The molecule has 0 aliphatic rings. The second-order valence-electron chi connectivity index (χ2n) is 2.84. The molecule has 5 nitrogen and oxygen atoms in total. The van der Waals surface area contributed by atoms with Crippen LogP contribution in [0.2, 0.25) is 0 Å². The minimum atomic E-state index is -3.29. The van der Waals surface area contributed by atoms with E-state index in [4.69, 9.17) is 9.84 Å². The van der Waals surface area contributed by atoms with Gasteiger partial charge in [0.15, 0.2) is 0 Å². The standard InChI is InChI=1S/C8H15F2NO4/c1-14-2-3-15-4-7(13)11-5-8(9,10)6-12/h12H,2-6H2,1H3,(H,11,13). The first-order chi connectivity index (χ1) is 7.02. The molecule has 0 rings (SSSR count). The molecular weight excluding hydrogens is 212 g/mol. The van der Waals surface area contributed by atoms with E-state index in [1.165, 1.54) is 7.11 Å². The monoisotopic (exact) mass is 227 g/mol. The maximum Gasteiger partial charge on any atom is 0.287 e. The zero-order valence-corrected chi connectivity index (χ0v) is 8.46. The Morgan fingerprint density at radius 3 is 2.67 bits per heavy atom. The fourth-order valence-corrected chi connectivity index (χ4v) is 0.642. The van der Waals surface area contributed by atoms with Gasteiger partial charge in [-0.1, -0.05) is 0 Å². The predicted octanol–water partition coefficient (Wildman–Crippen LogP) is -0.607. The normalized spacial score (nSPS) is 11.5. The second kappa shape index (κ2) is 7.49. The Kier molecular flexibility index (Phi) is 7.10. The van der Waals surface area contributed by atoms with Crippen molar-refractivity contribution in [3.63, 3.8) is 0 Å². The predicted molar refractivity (Wildman–Crippen MR) is 47.7 cm³/mol. The van der Waals surface area contributed by atoms with E-state index < -0.39 is 25.0 Å². The fourth-order valence-electron chi connectivity index (χ4n) is 0.642. The van der Waals surface area contributed by atoms with E-state index in [0.29, 0.717) is 6.61 Å². The van der Waals surface area contributed by atoms with Crippen LogP contribution in [0, 0.1) is 0 Å². The third kappa shape index (κ3) is 8.22. The summed E-state index contributed by atoms with van der Waals surface area (Å²) in [5.41, 5.74) is 0. The van der Waals surface area contributed by atoms with Gasteiger partial charge in [-0.05, 0) is 0 Å². The van der Waals surface area contributed by atoms with Crippen LogP contribution >= 0.6 is 0 Å². The molecule has 0 radical (unpaired) electrons. The summed E-state index contributed by atoms with van der Waals surface area (Å²) in [6, 6.07) is 0. The lowest BCUT2D eigenvalue weighted by Gasteiger charge is -2.13. The number of carbonyl (C=O) groups is 1. The molecule has 0 fully saturated rings. The first kappa shape index (κ1) is 14.2. The van der Waals surface area contributed by atoms with Crippen LogP contribution in [0.4, 0.5) is 8.78 Å². The van der Waals surface area contributed by atoms with Crippen molar-refractivity contribution < 1.29 is 28.2 Å². The van der Waals surface area contributed by atoms with Gasteiger partial charge in [-0.2, -0.15) is 0 Å². The third-order valence-electron chi connectivity index (χ3n) is 1.44. The van der Waals surface area contributed by atoms with Gasteiger partial charge in [0.2, 0.25) is 5.91 Å². The number of amides is 1. The SMILES string of the molecule is COCCOCC(=O)NCC(F)(F)CO. The van der Waals surface area contributed by atoms with E-state index >= 15 is 0 Å². The van der Waals surface area contributed by atoms with Crippen molar-refractivity contribution in [2.75, 3.05) is 40.1 Å². The summed E-state index contributed by atoms with van der Waals surface area (Å²) in [6.45, 7) is -1.93. The molecule has 0 saturated carbocycles. The van der Waals surface area contributed by atoms with Gasteiger partial charge in [0.1, 0.15) is 13.2 Å². The van der Waals surface area contributed by atoms with Gasteiger partial charge in [0.05, 0.1) is 19.8 Å². The molecule has 0 aromatic rings. The zero-order valence-electron chi connectivity index (χ0n) is 8.46. The summed E-state index contributed by atoms with van der Waals surface area (Å²) in [5.74, 6) is -3.94. The van der Waals surface area contributed by atoms with Gasteiger partial charge in [0.25, 0.3) is 5.92 Å². The maximum absolute atomic E-state index is 12.4. The van der Waals surface area contributed by atoms with Gasteiger partial charge >= 0.3 is 0 Å². The van der Waals surface area contributed by atoms with Crippen molar-refractivity contribution in [1.29, 1.82) is 0 Å². The van der Waals surface area contributed by atoms with Crippen LogP contribution < -0.4 is 5.32 Å². The topological polar surface area (TPSA) is 67.8 Å². The van der Waals surface area contributed by atoms with Gasteiger partial charge in [-0.25, -0.2) is 8.78 Å². The quantitative estimate of drug-likeness (QED) is 0.543. The van der Waals surface area contributed by atoms with Gasteiger partial charge in [0, 0.05) is 7.11 Å². The Bertz CT molecular complexity index is 189. The maximum atomic E-state index is 12.4. The molecule has 0 heterocycles. The van der Waals surface area contributed by atoms with Crippen molar-refractivity contribution in [3.8, 4) is 0 Å². The highest BCUT2D eigenvalue weighted by Crippen LogP contribution is 2.09. The van der Waals surface area contributed by atoms with Gasteiger partial charge < -0.3 is 19.9 Å². The van der Waals surface area contributed by atoms with Crippen molar-refractivity contribution in [2.45, 2.75) is 5.92 Å². The number of carbonyl (C=O) groups excluding carboxylic acids is 1. The van der Waals surface area contributed by atoms with E-state index in [1.54, 1.807) is 0 Å². The summed E-state index contributed by atoms with van der Waals surface area (Å²) >= 11 is 0. The molecule has 7 heteroatoms. The molecule has 90 valence electrons. The van der Waals surface area contributed by atoms with Crippen LogP contribution in [-0.2, 0) is 14.3 Å². The molecule has 0 unspecified atom stereocenters. The third-order valence-corrected chi connectivity index (χ3v) is 1.44. The highest BCUT2D eigenvalue weighted by atomic mass is 19.3. The number of aliphatic hydroxyl groups excluding tert-OH is 1. The fraction of sp³-hybridized carbons (Fsp3) is 0.875. The van der Waals surface area contributed by atoms with Crippen LogP contribution in [0.5, 0.6) is 0 Å². The molecule has 0 aliphatic carbocycles. The number of hydrogen-bond acceptors (Lipinski definition) is 4. The molecule has 0 spiro atoms. The zero-order chi connectivity index (χ0) is 11.7. The van der Waals surface area contributed by atoms with Crippen molar-refractivity contribution in [3.05, 3.63) is 0 Å². The minimum Gasteiger partial charge on any atom is -0.390 e. The number of rotatable bonds is 8. The number of halogens is 2. The van der Waals surface area contributed by atoms with Crippen LogP contribution in [-0.4, -0.2) is 57.0 Å². The van der Waals surface area contributed by atoms with E-state index in [0.717, 1.165) is 0 Å². The highest BCUT2D eigenvalue weighted by molar-refractivity contribution is 5.77. The molecule has 0 aromatic carbocycles. The van der Waals surface area contributed by atoms with Crippen LogP contribution in [0.1, 0.15) is 0 Å². The average molecular weight is 227 g/mol. The lowest BCUT2D eigenvalue weighted by Crippen LogP contribution is -2.40. The summed E-state index contributed by atoms with van der Waals surface area (Å²) in [7, 11) is 1.48. The van der Waals surface area contributed by atoms with Gasteiger partial charge in [-0.15, -0.1) is 0 Å². The Morgan fingerprint density at radius 1 is 1.47 bits per heavy atom. The molecule has 15 heavy (non-hydrogen) atoms. The molecule has 0 aliphatic heterocycles. The van der Waals surface area contributed by atoms with E-state index in [9.17, 15) is 13.6 Å². The largest absolute Gasteiger partial charge is 0.390 e. The smallest absolute Gasteiger partial charge is 0.287 e. The van der Waals surface area contributed by atoms with E-state index in [1.807, 2.05) is 5.32 Å². The Morgan fingerprint density at radius 2 is 2.13 bits per heavy atom. The van der Waals surface area contributed by atoms with Crippen LogP contribution in [0.3, 0.4) is 0 Å². The Balaban J connectivity index is 3.49. The Hall–Kier alpha value is -0.790. The lowest BCUT2D eigenvalue weighted by molar-refractivity contribution is -0.128. The first-order valence-electron chi connectivity index (χ1n) is 4.34. The molecule has 0 aromatic heterocycles. The highest BCUT2D eigenvalue weighted by Gasteiger charge is 2.27. The summed E-state index contributed by atoms with van der Waals surface area (Å²) in [4.78, 5) is 10.9. The van der Waals surface area contributed by atoms with Crippen molar-refractivity contribution in [1.82, 2.24) is 5.32 Å². The molecule has 1 amide bonds. The number of ether oxygens (including phenoxy) is 2. The second-order valence-corrected chi connectivity index (χ2v) is 2.84. The Labute approximate surface area is 86.4 Å². The number of nitrogens with one attached hydrogen (secondary N) is 1. The number of hydrogen-bond donors (Lipinski definition) is 2. The van der Waals surface area contributed by atoms with E-state index in [-0.39, 0.29) is 13.2 Å². The van der Waals surface area contributed by atoms with Crippen LogP contribution in [0.15, 0.2) is 0 Å². The lowest BCUT2D eigenvalue weighted by atomic mass is 10.3. The number of methoxy groups -OCH3 is 1. The van der Waals surface area contributed by atoms with Gasteiger partial charge in [-0.3, -0.25) is 4.79 Å². The van der Waals surface area contributed by atoms with E-state index in [2.05, 4.69) is 4.74 Å². The van der Waals surface area contributed by atoms with Crippen molar-refractivity contribution in [2.24, 2.45) is 0 Å².